The van der Waals surface area contributed by atoms with Crippen molar-refractivity contribution in [2.45, 2.75) is 13.0 Å². The van der Waals surface area contributed by atoms with Crippen LogP contribution in [-0.2, 0) is 0 Å². The molecule has 2 nitrogen and oxygen atoms in total. The summed E-state index contributed by atoms with van der Waals surface area (Å²) in [5.74, 6) is 0. The van der Waals surface area contributed by atoms with Crippen molar-refractivity contribution in [2.24, 2.45) is 0 Å². The predicted octanol–water partition coefficient (Wildman–Crippen LogP) is 4.61. The van der Waals surface area contributed by atoms with Crippen LogP contribution in [0.3, 0.4) is 0 Å². The second-order valence-electron chi connectivity index (χ2n) is 5.19. The van der Waals surface area contributed by atoms with Gasteiger partial charge in [0.2, 0.25) is 0 Å². The molecule has 0 spiro atoms. The number of aromatic nitrogens is 1. The minimum atomic E-state index is 0.170. The summed E-state index contributed by atoms with van der Waals surface area (Å²) in [7, 11) is 1.99. The van der Waals surface area contributed by atoms with Gasteiger partial charge in [-0.15, -0.1) is 0 Å². The number of hydrogen-bond donors (Lipinski definition) is 1. The first-order valence-corrected chi connectivity index (χ1v) is 7.76. The Hall–Kier alpha value is -1.71. The zero-order chi connectivity index (χ0) is 14.8. The van der Waals surface area contributed by atoms with Crippen molar-refractivity contribution in [1.82, 2.24) is 10.3 Å². The maximum absolute atomic E-state index is 4.45. The van der Waals surface area contributed by atoms with Gasteiger partial charge in [0.1, 0.15) is 0 Å². The molecule has 1 heterocycles. The molecule has 0 fully saturated rings. The molecule has 0 saturated heterocycles. The Labute approximate surface area is 133 Å². The van der Waals surface area contributed by atoms with Crippen LogP contribution in [0.15, 0.2) is 59.2 Å². The van der Waals surface area contributed by atoms with Crippen LogP contribution in [-0.4, -0.2) is 12.0 Å². The number of aryl methyl sites for hydroxylation is 1. The van der Waals surface area contributed by atoms with Gasteiger partial charge >= 0.3 is 0 Å². The lowest BCUT2D eigenvalue weighted by Gasteiger charge is -2.18. The van der Waals surface area contributed by atoms with Crippen molar-refractivity contribution in [3.63, 3.8) is 0 Å². The van der Waals surface area contributed by atoms with Crippen molar-refractivity contribution >= 4 is 26.8 Å². The van der Waals surface area contributed by atoms with Gasteiger partial charge in [-0.25, -0.2) is 0 Å². The summed E-state index contributed by atoms with van der Waals surface area (Å²) in [6.45, 7) is 2.11. The summed E-state index contributed by atoms with van der Waals surface area (Å²) in [4.78, 5) is 4.45. The normalized spacial score (nSPS) is 12.5. The second kappa shape index (κ2) is 5.96. The first-order chi connectivity index (χ1) is 10.2. The molecule has 0 amide bonds. The smallest absolute Gasteiger partial charge is 0.0705 e. The summed E-state index contributed by atoms with van der Waals surface area (Å²) in [5, 5.41) is 4.57. The molecular formula is C18H17BrN2. The van der Waals surface area contributed by atoms with Gasteiger partial charge in [0.15, 0.2) is 0 Å². The zero-order valence-corrected chi connectivity index (χ0v) is 13.7. The van der Waals surface area contributed by atoms with Gasteiger partial charge in [0.25, 0.3) is 0 Å². The van der Waals surface area contributed by atoms with Crippen molar-refractivity contribution in [3.05, 3.63) is 75.9 Å². The number of nitrogens with one attached hydrogen (secondary N) is 1. The maximum Gasteiger partial charge on any atom is 0.0705 e. The number of hydrogen-bond acceptors (Lipinski definition) is 2. The van der Waals surface area contributed by atoms with E-state index in [-0.39, 0.29) is 6.04 Å². The molecule has 21 heavy (non-hydrogen) atoms. The Morgan fingerprint density at radius 1 is 1.05 bits per heavy atom. The highest BCUT2D eigenvalue weighted by Gasteiger charge is 2.13. The van der Waals surface area contributed by atoms with E-state index in [2.05, 4.69) is 75.6 Å². The van der Waals surface area contributed by atoms with E-state index >= 15 is 0 Å². The topological polar surface area (TPSA) is 24.9 Å². The zero-order valence-electron chi connectivity index (χ0n) is 12.1. The summed E-state index contributed by atoms with van der Waals surface area (Å²) in [6, 6.07) is 17.2. The van der Waals surface area contributed by atoms with Crippen LogP contribution >= 0.6 is 15.9 Å². The molecule has 3 aromatic rings. The SMILES string of the molecule is CNC(c1ccc(Br)c(C)c1)c1ccc2cccnc2c1. The Morgan fingerprint density at radius 3 is 2.57 bits per heavy atom. The van der Waals surface area contributed by atoms with Gasteiger partial charge in [-0.05, 0) is 48.9 Å². The fourth-order valence-corrected chi connectivity index (χ4v) is 2.88. The molecule has 1 unspecified atom stereocenters. The molecule has 0 saturated carbocycles. The van der Waals surface area contributed by atoms with Gasteiger partial charge in [0.05, 0.1) is 11.6 Å². The van der Waals surface area contributed by atoms with Crippen molar-refractivity contribution in [1.29, 1.82) is 0 Å². The molecule has 1 atom stereocenters. The highest BCUT2D eigenvalue weighted by molar-refractivity contribution is 9.10. The first kappa shape index (κ1) is 14.2. The van der Waals surface area contributed by atoms with Gasteiger partial charge in [0, 0.05) is 16.1 Å². The Morgan fingerprint density at radius 2 is 1.81 bits per heavy atom. The third-order valence-corrected chi connectivity index (χ3v) is 4.66. The standard InChI is InChI=1S/C18H17BrN2/c1-12-10-14(7-8-16(12)19)18(20-2)15-6-5-13-4-3-9-21-17(13)11-15/h3-11,18,20H,1-2H3. The average Bonchev–Trinajstić information content (AvgIpc) is 2.51. The molecule has 0 bridgehead atoms. The summed E-state index contributed by atoms with van der Waals surface area (Å²) >= 11 is 3.56. The quantitative estimate of drug-likeness (QED) is 0.752. The van der Waals surface area contributed by atoms with E-state index in [1.807, 2.05) is 19.3 Å². The maximum atomic E-state index is 4.45. The fourth-order valence-electron chi connectivity index (χ4n) is 2.64. The van der Waals surface area contributed by atoms with Gasteiger partial charge < -0.3 is 5.32 Å². The fraction of sp³-hybridized carbons (Fsp3) is 0.167. The molecule has 0 radical (unpaired) electrons. The summed E-state index contributed by atoms with van der Waals surface area (Å²) in [5.41, 5.74) is 4.76. The average molecular weight is 341 g/mol. The Kier molecular flexibility index (Phi) is 4.04. The lowest BCUT2D eigenvalue weighted by atomic mass is 9.96. The summed E-state index contributed by atoms with van der Waals surface area (Å²) < 4.78 is 1.14. The molecule has 106 valence electrons. The molecule has 3 rings (SSSR count). The van der Waals surface area contributed by atoms with Crippen LogP contribution in [0.25, 0.3) is 10.9 Å². The number of pyridine rings is 1. The van der Waals surface area contributed by atoms with E-state index in [9.17, 15) is 0 Å². The largest absolute Gasteiger partial charge is 0.309 e. The molecule has 0 aliphatic carbocycles. The lowest BCUT2D eigenvalue weighted by molar-refractivity contribution is 0.692. The highest BCUT2D eigenvalue weighted by atomic mass is 79.9. The third-order valence-electron chi connectivity index (χ3n) is 3.77. The Balaban J connectivity index is 2.06. The number of rotatable bonds is 3. The van der Waals surface area contributed by atoms with Crippen LogP contribution in [0, 0.1) is 6.92 Å². The minimum absolute atomic E-state index is 0.170. The number of fused-ring (bicyclic) bond motifs is 1. The molecule has 0 aliphatic rings. The number of benzene rings is 2. The van der Waals surface area contributed by atoms with Gasteiger partial charge in [-0.1, -0.05) is 46.3 Å². The van der Waals surface area contributed by atoms with Crippen molar-refractivity contribution < 1.29 is 0 Å². The van der Waals surface area contributed by atoms with E-state index in [0.717, 1.165) is 9.99 Å². The van der Waals surface area contributed by atoms with E-state index in [0.29, 0.717) is 0 Å². The van der Waals surface area contributed by atoms with Crippen molar-refractivity contribution in [2.75, 3.05) is 7.05 Å². The molecule has 1 N–H and O–H groups in total. The van der Waals surface area contributed by atoms with Crippen molar-refractivity contribution in [3.8, 4) is 0 Å². The summed E-state index contributed by atoms with van der Waals surface area (Å²) in [6.07, 6.45) is 1.84. The first-order valence-electron chi connectivity index (χ1n) is 6.97. The van der Waals surface area contributed by atoms with Gasteiger partial charge in [-0.2, -0.15) is 0 Å². The van der Waals surface area contributed by atoms with Crippen LogP contribution in [0.4, 0.5) is 0 Å². The van der Waals surface area contributed by atoms with E-state index in [4.69, 9.17) is 0 Å². The van der Waals surface area contributed by atoms with Crippen LogP contribution < -0.4 is 5.32 Å². The molecule has 1 aromatic heterocycles. The van der Waals surface area contributed by atoms with E-state index in [1.165, 1.54) is 22.1 Å². The van der Waals surface area contributed by atoms with Crippen LogP contribution in [0.1, 0.15) is 22.7 Å². The van der Waals surface area contributed by atoms with Crippen LogP contribution in [0.5, 0.6) is 0 Å². The predicted molar refractivity (Wildman–Crippen MR) is 91.5 cm³/mol. The highest BCUT2D eigenvalue weighted by Crippen LogP contribution is 2.27. The monoisotopic (exact) mass is 340 g/mol. The van der Waals surface area contributed by atoms with E-state index in [1.54, 1.807) is 0 Å². The molecule has 2 aromatic carbocycles. The number of nitrogens with zero attached hydrogens (tertiary/aromatic N) is 1. The Bertz CT molecular complexity index is 783. The minimum Gasteiger partial charge on any atom is -0.309 e. The van der Waals surface area contributed by atoms with E-state index < -0.39 is 0 Å². The molecule has 0 aliphatic heterocycles. The molecule has 3 heteroatoms. The second-order valence-corrected chi connectivity index (χ2v) is 6.04. The molecular weight excluding hydrogens is 324 g/mol. The van der Waals surface area contributed by atoms with Crippen LogP contribution in [0.2, 0.25) is 0 Å². The third kappa shape index (κ3) is 2.85. The van der Waals surface area contributed by atoms with Gasteiger partial charge in [-0.3, -0.25) is 4.98 Å². The lowest BCUT2D eigenvalue weighted by Crippen LogP contribution is -2.17. The number of halogens is 1.